The fourth-order valence-electron chi connectivity index (χ4n) is 3.38. The first-order chi connectivity index (χ1) is 11.2. The van der Waals surface area contributed by atoms with E-state index >= 15 is 0 Å². The maximum atomic E-state index is 12.5. The Labute approximate surface area is 141 Å². The van der Waals surface area contributed by atoms with Crippen LogP contribution in [0.25, 0.3) is 0 Å². The second-order valence-corrected chi connectivity index (χ2v) is 6.89. The summed E-state index contributed by atoms with van der Waals surface area (Å²) < 4.78 is 7.08. The van der Waals surface area contributed by atoms with E-state index in [4.69, 9.17) is 16.3 Å². The fourth-order valence-corrected chi connectivity index (χ4v) is 3.57. The molecule has 0 aromatic carbocycles. The summed E-state index contributed by atoms with van der Waals surface area (Å²) in [5, 5.41) is 11.2. The van der Waals surface area contributed by atoms with Crippen molar-refractivity contribution in [2.45, 2.75) is 44.7 Å². The van der Waals surface area contributed by atoms with Gasteiger partial charge >= 0.3 is 0 Å². The minimum Gasteiger partial charge on any atom is -0.381 e. The van der Waals surface area contributed by atoms with Gasteiger partial charge in [-0.25, -0.2) is 4.68 Å². The number of hydrogen-bond donors (Lipinski definition) is 2. The maximum Gasteiger partial charge on any atom is 0.287 e. The molecule has 1 aromatic heterocycles. The molecule has 0 amide bonds. The van der Waals surface area contributed by atoms with E-state index in [9.17, 15) is 4.79 Å². The topological polar surface area (TPSA) is 68.2 Å². The minimum absolute atomic E-state index is 0.138. The normalized spacial score (nSPS) is 24.3. The summed E-state index contributed by atoms with van der Waals surface area (Å²) in [6.07, 6.45) is 5.72. The summed E-state index contributed by atoms with van der Waals surface area (Å²) in [5.74, 6) is 0.437. The quantitative estimate of drug-likeness (QED) is 0.878. The van der Waals surface area contributed by atoms with E-state index in [1.165, 1.54) is 0 Å². The van der Waals surface area contributed by atoms with Crippen molar-refractivity contribution in [1.82, 2.24) is 15.1 Å². The van der Waals surface area contributed by atoms with Crippen LogP contribution in [0.4, 0.5) is 5.69 Å². The van der Waals surface area contributed by atoms with Gasteiger partial charge in [-0.15, -0.1) is 0 Å². The van der Waals surface area contributed by atoms with E-state index in [1.54, 1.807) is 10.9 Å². The van der Waals surface area contributed by atoms with E-state index < -0.39 is 0 Å². The molecule has 0 unspecified atom stereocenters. The van der Waals surface area contributed by atoms with Gasteiger partial charge < -0.3 is 15.4 Å². The molecule has 23 heavy (non-hydrogen) atoms. The van der Waals surface area contributed by atoms with E-state index in [1.807, 2.05) is 0 Å². The molecular formula is C16H25ClN4O2. The summed E-state index contributed by atoms with van der Waals surface area (Å²) in [6, 6.07) is 0.336. The van der Waals surface area contributed by atoms with Crippen LogP contribution in [0.1, 0.15) is 38.6 Å². The van der Waals surface area contributed by atoms with Crippen molar-refractivity contribution in [3.8, 4) is 0 Å². The monoisotopic (exact) mass is 340 g/mol. The lowest BCUT2D eigenvalue weighted by molar-refractivity contribution is 0.0496. The van der Waals surface area contributed by atoms with Crippen LogP contribution in [0.3, 0.4) is 0 Å². The first-order valence-electron chi connectivity index (χ1n) is 8.49. The Morgan fingerprint density at radius 1 is 1.43 bits per heavy atom. The molecule has 2 fully saturated rings. The minimum atomic E-state index is -0.198. The molecule has 0 radical (unpaired) electrons. The summed E-state index contributed by atoms with van der Waals surface area (Å²) in [5.41, 5.74) is 0.426. The summed E-state index contributed by atoms with van der Waals surface area (Å²) in [4.78, 5) is 12.5. The SMILES string of the molecule is C[C@@H](Nc1cnn(C2CCNCC2)c(=O)c1Cl)[C@H]1CCCOC1. The second kappa shape index (κ2) is 7.64. The van der Waals surface area contributed by atoms with E-state index in [0.717, 1.165) is 52.0 Å². The number of halogens is 1. The molecule has 3 heterocycles. The lowest BCUT2D eigenvalue weighted by atomic mass is 9.95. The van der Waals surface area contributed by atoms with E-state index in [-0.39, 0.29) is 22.7 Å². The molecule has 0 aliphatic carbocycles. The number of piperidine rings is 1. The molecule has 2 aliphatic heterocycles. The highest BCUT2D eigenvalue weighted by atomic mass is 35.5. The van der Waals surface area contributed by atoms with E-state index in [2.05, 4.69) is 22.7 Å². The predicted molar refractivity (Wildman–Crippen MR) is 91.3 cm³/mol. The Bertz CT molecular complexity index is 580. The molecule has 2 N–H and O–H groups in total. The van der Waals surface area contributed by atoms with Gasteiger partial charge in [-0.1, -0.05) is 11.6 Å². The van der Waals surface area contributed by atoms with Gasteiger partial charge in [0.15, 0.2) is 0 Å². The number of aromatic nitrogens is 2. The Balaban J connectivity index is 1.73. The van der Waals surface area contributed by atoms with Crippen LogP contribution in [-0.2, 0) is 4.74 Å². The zero-order chi connectivity index (χ0) is 16.2. The third-order valence-corrected chi connectivity index (χ3v) is 5.25. The average Bonchev–Trinajstić information content (AvgIpc) is 2.60. The molecule has 6 nitrogen and oxygen atoms in total. The van der Waals surface area contributed by atoms with Crippen molar-refractivity contribution in [2.75, 3.05) is 31.6 Å². The largest absolute Gasteiger partial charge is 0.381 e. The number of ether oxygens (including phenoxy) is 1. The van der Waals surface area contributed by atoms with Crippen molar-refractivity contribution in [3.05, 3.63) is 21.6 Å². The molecule has 128 valence electrons. The lowest BCUT2D eigenvalue weighted by Gasteiger charge is -2.29. The Morgan fingerprint density at radius 2 is 2.22 bits per heavy atom. The van der Waals surface area contributed by atoms with Gasteiger partial charge in [0.2, 0.25) is 0 Å². The van der Waals surface area contributed by atoms with Gasteiger partial charge in [0.1, 0.15) is 5.02 Å². The molecule has 0 spiro atoms. The number of anilines is 1. The first kappa shape index (κ1) is 16.7. The molecular weight excluding hydrogens is 316 g/mol. The zero-order valence-electron chi connectivity index (χ0n) is 13.6. The van der Waals surface area contributed by atoms with Crippen LogP contribution in [0, 0.1) is 5.92 Å². The van der Waals surface area contributed by atoms with Crippen LogP contribution < -0.4 is 16.2 Å². The van der Waals surface area contributed by atoms with Gasteiger partial charge in [-0.3, -0.25) is 4.79 Å². The van der Waals surface area contributed by atoms with Gasteiger partial charge in [-0.2, -0.15) is 5.10 Å². The fraction of sp³-hybridized carbons (Fsp3) is 0.750. The predicted octanol–water partition coefficient (Wildman–Crippen LogP) is 2.05. The highest BCUT2D eigenvalue weighted by molar-refractivity contribution is 6.32. The molecule has 3 rings (SSSR count). The Morgan fingerprint density at radius 3 is 2.91 bits per heavy atom. The van der Waals surface area contributed by atoms with Crippen molar-refractivity contribution in [1.29, 1.82) is 0 Å². The molecule has 2 atom stereocenters. The third-order valence-electron chi connectivity index (χ3n) is 4.88. The number of nitrogens with one attached hydrogen (secondary N) is 2. The maximum absolute atomic E-state index is 12.5. The highest BCUT2D eigenvalue weighted by Crippen LogP contribution is 2.24. The molecule has 0 bridgehead atoms. The highest BCUT2D eigenvalue weighted by Gasteiger charge is 2.23. The summed E-state index contributed by atoms with van der Waals surface area (Å²) >= 11 is 6.32. The van der Waals surface area contributed by atoms with E-state index in [0.29, 0.717) is 11.6 Å². The van der Waals surface area contributed by atoms with Gasteiger partial charge in [0.05, 0.1) is 24.5 Å². The number of nitrogens with zero attached hydrogens (tertiary/aromatic N) is 2. The Kier molecular flexibility index (Phi) is 5.56. The van der Waals surface area contributed by atoms with Crippen LogP contribution in [0.2, 0.25) is 5.02 Å². The number of hydrogen-bond acceptors (Lipinski definition) is 5. The van der Waals surface area contributed by atoms with Crippen molar-refractivity contribution >= 4 is 17.3 Å². The van der Waals surface area contributed by atoms with Gasteiger partial charge in [0, 0.05) is 18.6 Å². The van der Waals surface area contributed by atoms with Crippen LogP contribution in [-0.4, -0.2) is 42.1 Å². The van der Waals surface area contributed by atoms with Crippen LogP contribution in [0.15, 0.2) is 11.0 Å². The lowest BCUT2D eigenvalue weighted by Crippen LogP contribution is -2.37. The zero-order valence-corrected chi connectivity index (χ0v) is 14.3. The molecule has 1 aromatic rings. The smallest absolute Gasteiger partial charge is 0.287 e. The van der Waals surface area contributed by atoms with Crippen molar-refractivity contribution in [2.24, 2.45) is 5.92 Å². The number of rotatable bonds is 4. The molecule has 0 saturated carbocycles. The average molecular weight is 341 g/mol. The van der Waals surface area contributed by atoms with Gasteiger partial charge in [-0.05, 0) is 45.7 Å². The van der Waals surface area contributed by atoms with Crippen LogP contribution in [0.5, 0.6) is 0 Å². The molecule has 2 saturated heterocycles. The standard InChI is InChI=1S/C16H25ClN4O2/c1-11(12-3-2-8-23-10-12)20-14-9-19-21(16(22)15(14)17)13-4-6-18-7-5-13/h9,11-13,18,20H,2-8,10H2,1H3/t11-,12+/m1/s1. The van der Waals surface area contributed by atoms with Crippen molar-refractivity contribution in [3.63, 3.8) is 0 Å². The molecule has 7 heteroatoms. The third kappa shape index (κ3) is 3.87. The summed E-state index contributed by atoms with van der Waals surface area (Å²) in [7, 11) is 0. The molecule has 2 aliphatic rings. The van der Waals surface area contributed by atoms with Gasteiger partial charge in [0.25, 0.3) is 5.56 Å². The Hall–Kier alpha value is -1.11. The second-order valence-electron chi connectivity index (χ2n) is 6.51. The first-order valence-corrected chi connectivity index (χ1v) is 8.87. The van der Waals surface area contributed by atoms with Crippen LogP contribution >= 0.6 is 11.6 Å². The summed E-state index contributed by atoms with van der Waals surface area (Å²) in [6.45, 7) is 5.53. The van der Waals surface area contributed by atoms with Crippen molar-refractivity contribution < 1.29 is 4.74 Å².